The molecule has 140 valence electrons. The summed E-state index contributed by atoms with van der Waals surface area (Å²) in [6.45, 7) is 6.46. The van der Waals surface area contributed by atoms with Crippen molar-refractivity contribution >= 4 is 45.5 Å². The summed E-state index contributed by atoms with van der Waals surface area (Å²) in [4.78, 5) is 9.97. The molecule has 2 aromatic carbocycles. The Kier molecular flexibility index (Phi) is 4.28. The number of likely N-dealkylation sites (N-methyl/N-ethyl adjacent to an activating group) is 1. The number of aromatic amines is 1. The van der Waals surface area contributed by atoms with Gasteiger partial charge in [-0.05, 0) is 62.2 Å². The summed E-state index contributed by atoms with van der Waals surface area (Å²) in [5, 5.41) is 10.3. The maximum atomic E-state index is 9.72. The second-order valence-electron chi connectivity index (χ2n) is 7.70. The van der Waals surface area contributed by atoms with Crippen LogP contribution in [0.5, 0.6) is 0 Å². The van der Waals surface area contributed by atoms with E-state index >= 15 is 0 Å². The summed E-state index contributed by atoms with van der Waals surface area (Å²) in [5.74, 6) is 0.544. The van der Waals surface area contributed by atoms with E-state index in [0.717, 1.165) is 27.8 Å². The maximum absolute atomic E-state index is 9.72. The predicted octanol–water partition coefficient (Wildman–Crippen LogP) is 5.91. The Hall–Kier alpha value is -3.03. The molecule has 0 amide bonds. The average Bonchev–Trinajstić information content (AvgIpc) is 3.08. The highest BCUT2D eigenvalue weighted by molar-refractivity contribution is 6.32. The van der Waals surface area contributed by atoms with Crippen molar-refractivity contribution in [3.05, 3.63) is 64.4 Å². The molecule has 0 spiro atoms. The standard InChI is InChI=1S/C23H21ClN4/c1-14-12-23(2,3)28(4)21-11-18(24)15(10-17(14)21)9-16(13-25)22-26-19-7-5-6-8-20(19)27-22/h5-12H,1-4H3,(H,26,27)/b16-9+. The molecular weight excluding hydrogens is 368 g/mol. The average molecular weight is 389 g/mol. The van der Waals surface area contributed by atoms with E-state index in [9.17, 15) is 5.26 Å². The number of imidazole rings is 1. The van der Waals surface area contributed by atoms with E-state index < -0.39 is 0 Å². The monoisotopic (exact) mass is 388 g/mol. The third kappa shape index (κ3) is 2.98. The van der Waals surface area contributed by atoms with Crippen LogP contribution in [0.2, 0.25) is 5.02 Å². The largest absolute Gasteiger partial charge is 0.365 e. The number of fused-ring (bicyclic) bond motifs is 2. The molecule has 0 radical (unpaired) electrons. The fraction of sp³-hybridized carbons (Fsp3) is 0.217. The topological polar surface area (TPSA) is 55.7 Å². The zero-order valence-corrected chi connectivity index (χ0v) is 17.1. The Labute approximate surface area is 169 Å². The van der Waals surface area contributed by atoms with Crippen LogP contribution in [-0.4, -0.2) is 22.6 Å². The molecule has 5 heteroatoms. The number of H-pyrrole nitrogens is 1. The van der Waals surface area contributed by atoms with Crippen molar-refractivity contribution in [1.82, 2.24) is 9.97 Å². The van der Waals surface area contributed by atoms with Crippen LogP contribution in [0.15, 0.2) is 42.5 Å². The van der Waals surface area contributed by atoms with Crippen LogP contribution in [0.25, 0.3) is 28.3 Å². The first-order valence-electron chi connectivity index (χ1n) is 9.14. The first kappa shape index (κ1) is 18.3. The van der Waals surface area contributed by atoms with Crippen LogP contribution in [0, 0.1) is 11.3 Å². The van der Waals surface area contributed by atoms with Crippen molar-refractivity contribution in [2.45, 2.75) is 26.3 Å². The molecule has 28 heavy (non-hydrogen) atoms. The van der Waals surface area contributed by atoms with Gasteiger partial charge in [0.05, 0.1) is 22.1 Å². The Morgan fingerprint density at radius 1 is 1.29 bits per heavy atom. The molecule has 0 bridgehead atoms. The van der Waals surface area contributed by atoms with Gasteiger partial charge in [-0.25, -0.2) is 4.98 Å². The molecule has 1 N–H and O–H groups in total. The molecule has 0 saturated carbocycles. The van der Waals surface area contributed by atoms with Gasteiger partial charge in [-0.15, -0.1) is 0 Å². The quantitative estimate of drug-likeness (QED) is 0.555. The van der Waals surface area contributed by atoms with Gasteiger partial charge in [0.1, 0.15) is 11.9 Å². The smallest absolute Gasteiger partial charge is 0.149 e. The van der Waals surface area contributed by atoms with Crippen molar-refractivity contribution in [2.24, 2.45) is 0 Å². The Morgan fingerprint density at radius 3 is 2.75 bits per heavy atom. The van der Waals surface area contributed by atoms with Gasteiger partial charge >= 0.3 is 0 Å². The number of para-hydroxylation sites is 2. The summed E-state index contributed by atoms with van der Waals surface area (Å²) in [6.07, 6.45) is 4.05. The van der Waals surface area contributed by atoms with E-state index in [-0.39, 0.29) is 5.54 Å². The maximum Gasteiger partial charge on any atom is 0.149 e. The number of allylic oxidation sites excluding steroid dienone is 2. The predicted molar refractivity (Wildman–Crippen MR) is 117 cm³/mol. The Bertz CT molecular complexity index is 1160. The van der Waals surface area contributed by atoms with Crippen LogP contribution in [0.3, 0.4) is 0 Å². The molecule has 1 aromatic heterocycles. The number of nitriles is 1. The summed E-state index contributed by atoms with van der Waals surface area (Å²) in [5.41, 5.74) is 6.32. The number of anilines is 1. The third-order valence-corrected chi connectivity index (χ3v) is 5.73. The molecule has 0 unspecified atom stereocenters. The number of nitrogens with one attached hydrogen (secondary N) is 1. The van der Waals surface area contributed by atoms with Crippen molar-refractivity contribution in [2.75, 3.05) is 11.9 Å². The minimum Gasteiger partial charge on any atom is -0.365 e. The lowest BCUT2D eigenvalue weighted by atomic mass is 9.88. The zero-order chi connectivity index (χ0) is 20.1. The number of benzene rings is 2. The van der Waals surface area contributed by atoms with E-state index in [2.05, 4.69) is 60.9 Å². The van der Waals surface area contributed by atoms with Gasteiger partial charge in [-0.2, -0.15) is 5.26 Å². The van der Waals surface area contributed by atoms with Gasteiger partial charge in [0.15, 0.2) is 0 Å². The van der Waals surface area contributed by atoms with Gasteiger partial charge in [0, 0.05) is 23.3 Å². The second-order valence-corrected chi connectivity index (χ2v) is 8.11. The summed E-state index contributed by atoms with van der Waals surface area (Å²) >= 11 is 6.60. The number of hydrogen-bond donors (Lipinski definition) is 1. The second kappa shape index (κ2) is 6.54. The Balaban J connectivity index is 1.83. The number of aromatic nitrogens is 2. The van der Waals surface area contributed by atoms with Gasteiger partial charge in [-0.3, -0.25) is 0 Å². The molecule has 1 aliphatic heterocycles. The highest BCUT2D eigenvalue weighted by Gasteiger charge is 2.29. The minimum absolute atomic E-state index is 0.0795. The van der Waals surface area contributed by atoms with Crippen molar-refractivity contribution in [1.29, 1.82) is 5.26 Å². The molecule has 4 nitrogen and oxygen atoms in total. The molecule has 0 saturated heterocycles. The normalized spacial score (nSPS) is 15.9. The SMILES string of the molecule is CC1=CC(C)(C)N(C)c2cc(Cl)c(/C=C(\C#N)c3nc4ccccc4[nH]3)cc21. The summed E-state index contributed by atoms with van der Waals surface area (Å²) in [7, 11) is 2.07. The minimum atomic E-state index is -0.0795. The molecule has 4 rings (SSSR count). The first-order chi connectivity index (χ1) is 13.3. The number of rotatable bonds is 2. The lowest BCUT2D eigenvalue weighted by Gasteiger charge is -2.40. The number of nitrogens with zero attached hydrogens (tertiary/aromatic N) is 3. The summed E-state index contributed by atoms with van der Waals surface area (Å²) < 4.78 is 0. The van der Waals surface area contributed by atoms with E-state index in [1.165, 1.54) is 5.57 Å². The number of halogens is 1. The van der Waals surface area contributed by atoms with Crippen molar-refractivity contribution in [3.63, 3.8) is 0 Å². The fourth-order valence-corrected chi connectivity index (χ4v) is 3.90. The van der Waals surface area contributed by atoms with Gasteiger partial charge in [0.25, 0.3) is 0 Å². The summed E-state index contributed by atoms with van der Waals surface area (Å²) in [6, 6.07) is 14.0. The fourth-order valence-electron chi connectivity index (χ4n) is 3.69. The molecule has 3 aromatic rings. The number of hydrogen-bond acceptors (Lipinski definition) is 3. The van der Waals surface area contributed by atoms with Crippen LogP contribution in [0.4, 0.5) is 5.69 Å². The van der Waals surface area contributed by atoms with Gasteiger partial charge in [-0.1, -0.05) is 29.8 Å². The van der Waals surface area contributed by atoms with Crippen molar-refractivity contribution in [3.8, 4) is 6.07 Å². The van der Waals surface area contributed by atoms with Crippen LogP contribution in [-0.2, 0) is 0 Å². The van der Waals surface area contributed by atoms with Crippen LogP contribution >= 0.6 is 11.6 Å². The molecule has 1 aliphatic rings. The van der Waals surface area contributed by atoms with Gasteiger partial charge < -0.3 is 9.88 Å². The third-order valence-electron chi connectivity index (χ3n) is 5.40. The molecule has 0 aliphatic carbocycles. The molecule has 0 atom stereocenters. The van der Waals surface area contributed by atoms with E-state index in [4.69, 9.17) is 11.6 Å². The molecular formula is C23H21ClN4. The Morgan fingerprint density at radius 2 is 2.04 bits per heavy atom. The lowest BCUT2D eigenvalue weighted by molar-refractivity contribution is 0.598. The molecule has 2 heterocycles. The van der Waals surface area contributed by atoms with E-state index in [1.54, 1.807) is 6.08 Å². The van der Waals surface area contributed by atoms with Crippen LogP contribution in [0.1, 0.15) is 37.7 Å². The van der Waals surface area contributed by atoms with Crippen molar-refractivity contribution < 1.29 is 0 Å². The highest BCUT2D eigenvalue weighted by Crippen LogP contribution is 2.41. The molecule has 0 fully saturated rings. The van der Waals surface area contributed by atoms with Gasteiger partial charge in [0.2, 0.25) is 0 Å². The van der Waals surface area contributed by atoms with E-state index in [0.29, 0.717) is 16.4 Å². The van der Waals surface area contributed by atoms with E-state index in [1.807, 2.05) is 30.3 Å². The zero-order valence-electron chi connectivity index (χ0n) is 16.3. The highest BCUT2D eigenvalue weighted by atomic mass is 35.5. The lowest BCUT2D eigenvalue weighted by Crippen LogP contribution is -2.42. The van der Waals surface area contributed by atoms with Crippen LogP contribution < -0.4 is 4.90 Å². The first-order valence-corrected chi connectivity index (χ1v) is 9.52.